The fourth-order valence-corrected chi connectivity index (χ4v) is 11.3. The minimum atomic E-state index is -1.72. The molecule has 2 unspecified atom stereocenters. The molecule has 2 aliphatic carbocycles. The lowest BCUT2D eigenvalue weighted by atomic mass is 9.95. The topological polar surface area (TPSA) is 0 Å². The molecule has 29 heavy (non-hydrogen) atoms. The van der Waals surface area contributed by atoms with Gasteiger partial charge in [0.05, 0.1) is 8.07 Å². The van der Waals surface area contributed by atoms with Crippen LogP contribution in [0.3, 0.4) is 0 Å². The second kappa shape index (κ2) is 7.13. The fourth-order valence-electron chi connectivity index (χ4n) is 6.30. The molecule has 0 aliphatic heterocycles. The van der Waals surface area contributed by atoms with Crippen LogP contribution in [0.15, 0.2) is 47.5 Å². The number of allylic oxidation sites excluding steroid dienone is 2. The highest BCUT2D eigenvalue weighted by Crippen LogP contribution is 2.53. The third-order valence-electron chi connectivity index (χ3n) is 7.36. The summed E-state index contributed by atoms with van der Waals surface area (Å²) in [5.74, 6) is 1.14. The van der Waals surface area contributed by atoms with Crippen molar-refractivity contribution in [1.29, 1.82) is 0 Å². The number of fused-ring (bicyclic) bond motifs is 2. The van der Waals surface area contributed by atoms with Crippen LogP contribution in [0, 0.1) is 0 Å². The summed E-state index contributed by atoms with van der Waals surface area (Å²) in [5.41, 5.74) is 13.6. The Bertz CT molecular complexity index is 935. The predicted octanol–water partition coefficient (Wildman–Crippen LogP) is 8.42. The summed E-state index contributed by atoms with van der Waals surface area (Å²) >= 11 is 0. The first-order valence-electron chi connectivity index (χ1n) is 11.3. The molecule has 0 nitrogen and oxygen atoms in total. The third-order valence-corrected chi connectivity index (χ3v) is 11.9. The van der Waals surface area contributed by atoms with Gasteiger partial charge in [0, 0.05) is 11.1 Å². The highest BCUT2D eigenvalue weighted by Gasteiger charge is 2.47. The predicted molar refractivity (Wildman–Crippen MR) is 131 cm³/mol. The highest BCUT2D eigenvalue weighted by atomic mass is 28.3. The first kappa shape index (κ1) is 20.4. The molecule has 152 valence electrons. The van der Waals surface area contributed by atoms with E-state index in [1.165, 1.54) is 22.3 Å². The molecule has 0 fully saturated rings. The van der Waals surface area contributed by atoms with Crippen LogP contribution in [0.25, 0.3) is 12.2 Å². The van der Waals surface area contributed by atoms with Crippen LogP contribution in [0.5, 0.6) is 0 Å². The maximum absolute atomic E-state index is 2.63. The van der Waals surface area contributed by atoms with E-state index in [0.717, 1.165) is 0 Å². The molecule has 2 aliphatic rings. The lowest BCUT2D eigenvalue weighted by Gasteiger charge is -2.39. The van der Waals surface area contributed by atoms with E-state index >= 15 is 0 Å². The molecule has 0 saturated carbocycles. The lowest BCUT2D eigenvalue weighted by molar-refractivity contribution is 0.857. The summed E-state index contributed by atoms with van der Waals surface area (Å²) in [7, 11) is -1.72. The van der Waals surface area contributed by atoms with Crippen LogP contribution in [0.2, 0.25) is 13.1 Å². The first-order chi connectivity index (χ1) is 13.6. The van der Waals surface area contributed by atoms with Gasteiger partial charge in [-0.3, -0.25) is 0 Å². The van der Waals surface area contributed by atoms with Crippen LogP contribution in [0.4, 0.5) is 0 Å². The van der Waals surface area contributed by atoms with E-state index in [1.54, 1.807) is 22.3 Å². The van der Waals surface area contributed by atoms with Crippen molar-refractivity contribution in [3.63, 3.8) is 0 Å². The molecule has 0 saturated heterocycles. The van der Waals surface area contributed by atoms with Crippen molar-refractivity contribution in [2.75, 3.05) is 0 Å². The summed E-state index contributed by atoms with van der Waals surface area (Å²) in [5, 5.41) is 0. The molecule has 0 heterocycles. The Kier molecular flexibility index (Phi) is 5.02. The summed E-state index contributed by atoms with van der Waals surface area (Å²) < 4.78 is 0. The van der Waals surface area contributed by atoms with Crippen LogP contribution < -0.4 is 0 Å². The van der Waals surface area contributed by atoms with Gasteiger partial charge in [-0.2, -0.15) is 0 Å². The minimum Gasteiger partial charge on any atom is -0.0679 e. The van der Waals surface area contributed by atoms with E-state index in [0.29, 0.717) is 22.9 Å². The van der Waals surface area contributed by atoms with E-state index in [1.807, 2.05) is 0 Å². The molecule has 0 aromatic heterocycles. The second-order valence-electron chi connectivity index (χ2n) is 10.5. The minimum absolute atomic E-state index is 0.569. The Morgan fingerprint density at radius 1 is 0.655 bits per heavy atom. The molecule has 4 rings (SSSR count). The molecule has 2 atom stereocenters. The molecule has 0 radical (unpaired) electrons. The van der Waals surface area contributed by atoms with E-state index in [4.69, 9.17) is 0 Å². The zero-order valence-electron chi connectivity index (χ0n) is 19.4. The van der Waals surface area contributed by atoms with Crippen molar-refractivity contribution in [2.45, 2.75) is 77.6 Å². The van der Waals surface area contributed by atoms with Gasteiger partial charge in [0.25, 0.3) is 0 Å². The van der Waals surface area contributed by atoms with E-state index in [2.05, 4.69) is 103 Å². The summed E-state index contributed by atoms with van der Waals surface area (Å²) in [6.45, 7) is 19.3. The van der Waals surface area contributed by atoms with Gasteiger partial charge in [-0.1, -0.05) is 100 Å². The first-order valence-corrected chi connectivity index (χ1v) is 14.4. The molecule has 0 bridgehead atoms. The van der Waals surface area contributed by atoms with Crippen LogP contribution >= 0.6 is 0 Å². The van der Waals surface area contributed by atoms with Crippen molar-refractivity contribution >= 4 is 20.2 Å². The highest BCUT2D eigenvalue weighted by molar-refractivity contribution is 6.81. The van der Waals surface area contributed by atoms with E-state index in [9.17, 15) is 0 Å². The van der Waals surface area contributed by atoms with Gasteiger partial charge in [0.2, 0.25) is 0 Å². The van der Waals surface area contributed by atoms with Gasteiger partial charge in [-0.15, -0.1) is 0 Å². The summed E-state index contributed by atoms with van der Waals surface area (Å²) in [6, 6.07) is 14.1. The number of rotatable bonds is 4. The molecule has 0 N–H and O–H groups in total. The fraction of sp³-hybridized carbons (Fsp3) is 0.429. The lowest BCUT2D eigenvalue weighted by Crippen LogP contribution is -2.42. The summed E-state index contributed by atoms with van der Waals surface area (Å²) in [4.78, 5) is 0. The van der Waals surface area contributed by atoms with Gasteiger partial charge >= 0.3 is 0 Å². The van der Waals surface area contributed by atoms with Crippen molar-refractivity contribution in [3.8, 4) is 0 Å². The molecule has 2 aromatic rings. The Morgan fingerprint density at radius 2 is 1.03 bits per heavy atom. The SMILES string of the molecule is CC1=Cc2c(C(C)C)cccc2C1[Si](C)(C)C1C(C)=Cc2c(C(C)C)cccc21. The smallest absolute Gasteiger partial charge is 0.0679 e. The van der Waals surface area contributed by atoms with E-state index in [-0.39, 0.29) is 0 Å². The van der Waals surface area contributed by atoms with E-state index < -0.39 is 8.07 Å². The Hall–Kier alpha value is -1.86. The number of hydrogen-bond donors (Lipinski definition) is 0. The van der Waals surface area contributed by atoms with Gasteiger partial charge in [-0.05, 0) is 59.1 Å². The summed E-state index contributed by atoms with van der Waals surface area (Å²) in [6.07, 6.45) is 5.01. The monoisotopic (exact) mass is 400 g/mol. The van der Waals surface area contributed by atoms with Gasteiger partial charge in [-0.25, -0.2) is 0 Å². The maximum Gasteiger partial charge on any atom is 0.0722 e. The van der Waals surface area contributed by atoms with Crippen molar-refractivity contribution in [2.24, 2.45) is 0 Å². The van der Waals surface area contributed by atoms with Gasteiger partial charge in [0.15, 0.2) is 0 Å². The average molecular weight is 401 g/mol. The number of hydrogen-bond acceptors (Lipinski definition) is 0. The maximum atomic E-state index is 2.63. The van der Waals surface area contributed by atoms with Crippen molar-refractivity contribution < 1.29 is 0 Å². The van der Waals surface area contributed by atoms with Crippen LogP contribution in [-0.4, -0.2) is 8.07 Å². The molecular weight excluding hydrogens is 364 g/mol. The third kappa shape index (κ3) is 3.10. The quantitative estimate of drug-likeness (QED) is 0.452. The normalized spacial score (nSPS) is 20.8. The van der Waals surface area contributed by atoms with Crippen LogP contribution in [-0.2, 0) is 0 Å². The molecule has 0 amide bonds. The van der Waals surface area contributed by atoms with Gasteiger partial charge < -0.3 is 0 Å². The Balaban J connectivity index is 1.84. The Morgan fingerprint density at radius 3 is 1.38 bits per heavy atom. The van der Waals surface area contributed by atoms with Crippen molar-refractivity contribution in [1.82, 2.24) is 0 Å². The van der Waals surface area contributed by atoms with Crippen molar-refractivity contribution in [3.05, 3.63) is 80.9 Å². The number of benzene rings is 2. The molecule has 1 heteroatoms. The zero-order valence-corrected chi connectivity index (χ0v) is 20.4. The second-order valence-corrected chi connectivity index (χ2v) is 15.3. The largest absolute Gasteiger partial charge is 0.0722 e. The van der Waals surface area contributed by atoms with Gasteiger partial charge in [0.1, 0.15) is 0 Å². The average Bonchev–Trinajstić information content (AvgIpc) is 3.16. The Labute approximate surface area is 178 Å². The molecule has 2 aromatic carbocycles. The standard InChI is InChI=1S/C28H36Si/c1-17(2)21-11-9-13-23-25(21)15-19(5)27(23)29(7,8)28-20(6)16-26-22(18(3)4)12-10-14-24(26)28/h9-18,27-28H,1-8H3. The van der Waals surface area contributed by atoms with Crippen LogP contribution in [0.1, 0.15) is 97.8 Å². The molecule has 0 spiro atoms. The zero-order chi connectivity index (χ0) is 21.1. The molecular formula is C28H36Si.